The first-order valence-electron chi connectivity index (χ1n) is 32.2. The van der Waals surface area contributed by atoms with Crippen molar-refractivity contribution in [2.24, 2.45) is 17.3 Å². The van der Waals surface area contributed by atoms with Gasteiger partial charge in [-0.3, -0.25) is 28.9 Å². The highest BCUT2D eigenvalue weighted by atomic mass is 28.4. The fraction of sp³-hybridized carbons (Fsp3) is 0.486. The van der Waals surface area contributed by atoms with Crippen LogP contribution >= 0.6 is 0 Å². The summed E-state index contributed by atoms with van der Waals surface area (Å²) in [7, 11) is -1.15. The number of hydrogen-bond acceptors (Lipinski definition) is 14. The number of anilines is 2. The third-order valence-corrected chi connectivity index (χ3v) is 23.3. The van der Waals surface area contributed by atoms with Crippen molar-refractivity contribution in [3.8, 4) is 17.2 Å². The van der Waals surface area contributed by atoms with Gasteiger partial charge in [-0.15, -0.1) is 0 Å². The zero-order chi connectivity index (χ0) is 66.4. The lowest BCUT2D eigenvalue weighted by Crippen LogP contribution is -2.58. The molecule has 4 aromatic rings. The summed E-state index contributed by atoms with van der Waals surface area (Å²) in [6.45, 7) is 28.5. The monoisotopic (exact) mass is 1280 g/mol. The smallest absolute Gasteiger partial charge is 0.416 e. The molecule has 4 heterocycles. The lowest BCUT2D eigenvalue weighted by Gasteiger charge is -2.44. The number of rotatable bonds is 26. The van der Waals surface area contributed by atoms with Crippen LogP contribution in [0.1, 0.15) is 141 Å². The molecule has 1 N–H and O–H groups in total. The van der Waals surface area contributed by atoms with Crippen molar-refractivity contribution >= 4 is 66.9 Å². The lowest BCUT2D eigenvalue weighted by molar-refractivity contribution is -0.146. The van der Waals surface area contributed by atoms with E-state index < -0.39 is 56.6 Å². The Kier molecular flexibility index (Phi) is 21.3. The molecule has 1 saturated heterocycles. The molecule has 2 fully saturated rings. The number of unbranched alkanes of at least 4 members (excludes halogenated alkanes) is 2. The highest BCUT2D eigenvalue weighted by Gasteiger charge is 2.60. The summed E-state index contributed by atoms with van der Waals surface area (Å²) in [5.41, 5.74) is 6.52. The third kappa shape index (κ3) is 15.5. The molecule has 0 bridgehead atoms. The van der Waals surface area contributed by atoms with Gasteiger partial charge in [-0.1, -0.05) is 114 Å². The van der Waals surface area contributed by atoms with E-state index in [0.29, 0.717) is 90.6 Å². The SMILES string of the molecule is C=CCOC(=O)C[C@H](C(=O)N[C@@H](C)C(=O)Cc1ccc(COC(=O)N2c3cc(OCCCCCOc4cc5c(cc4OC)C(=O)N4C=C(c6ccc(C)cc6)C[C@H]4CN5C(=O)OCC=C)c(C)cc3C(=O)N3CC4(CC4)C[C@H]3C2O[Si](C)(C)C(C)(C)C)cc1)C(C)C. The Balaban J connectivity index is 0.880. The van der Waals surface area contributed by atoms with E-state index in [1.807, 2.05) is 69.1 Å². The standard InChI is InChI=1S/C72H91N5O14Si/c1-14-29-88-64(79)37-54(45(3)4)65(80)73-48(7)60(78)34-49-21-23-50(24-22-49)43-90-70(84)77-58-39-61(47(6)33-55(58)67(82)76-44-72(27-28-72)40-59(76)68(77)91-92(12,13)71(8,9)10)86-31-17-16-18-32-87-63-38-57-56(36-62(63)85-11)66(81)74-41-52(51-25-19-46(5)20-26-51)35-53(74)42-75(57)69(83)89-30-15-2/h14-15,19-26,33,36,38-39,41,45,48,53-54,59,68H,1-2,16-18,27-32,34-35,37,40,42-44H2,3-13H3,(H,73,80)/t48-,53-,54-,59-,68?/m0/s1. The minimum Gasteiger partial charge on any atom is -0.493 e. The van der Waals surface area contributed by atoms with Gasteiger partial charge in [0.1, 0.15) is 25.6 Å². The number of nitrogens with one attached hydrogen (secondary N) is 1. The number of methoxy groups -OCH3 is 1. The Bertz CT molecular complexity index is 3480. The zero-order valence-electron chi connectivity index (χ0n) is 55.4. The fourth-order valence-corrected chi connectivity index (χ4v) is 13.4. The quantitative estimate of drug-likeness (QED) is 0.0204. The molecule has 92 heavy (non-hydrogen) atoms. The zero-order valence-corrected chi connectivity index (χ0v) is 56.4. The molecule has 492 valence electrons. The second-order valence-electron chi connectivity index (χ2n) is 27.1. The van der Waals surface area contributed by atoms with Crippen molar-refractivity contribution in [2.45, 2.75) is 162 Å². The van der Waals surface area contributed by atoms with E-state index in [1.54, 1.807) is 59.2 Å². The van der Waals surface area contributed by atoms with E-state index in [-0.39, 0.29) is 91.4 Å². The summed E-state index contributed by atoms with van der Waals surface area (Å²) < 4.78 is 43.0. The number of esters is 1. The summed E-state index contributed by atoms with van der Waals surface area (Å²) in [5.74, 6) is -1.23. The molecule has 5 atom stereocenters. The first kappa shape index (κ1) is 68.1. The van der Waals surface area contributed by atoms with E-state index in [4.69, 9.17) is 32.8 Å². The van der Waals surface area contributed by atoms with Crippen molar-refractivity contribution in [2.75, 3.05) is 56.4 Å². The fourth-order valence-electron chi connectivity index (χ4n) is 12.1. The molecule has 0 aromatic heterocycles. The number of benzene rings is 4. The molecule has 1 spiro atoms. The number of amides is 5. The van der Waals surface area contributed by atoms with E-state index in [9.17, 15) is 24.0 Å². The summed E-state index contributed by atoms with van der Waals surface area (Å²) in [5, 5.41) is 2.54. The highest BCUT2D eigenvalue weighted by Crippen LogP contribution is 2.58. The van der Waals surface area contributed by atoms with Crippen LogP contribution in [-0.2, 0) is 46.0 Å². The molecule has 20 heteroatoms. The van der Waals surface area contributed by atoms with Gasteiger partial charge in [0.15, 0.2) is 31.8 Å². The normalized spacial score (nSPS) is 18.7. The van der Waals surface area contributed by atoms with Crippen molar-refractivity contribution in [1.29, 1.82) is 0 Å². The molecule has 1 saturated carbocycles. The van der Waals surface area contributed by atoms with Crippen LogP contribution in [0.3, 0.4) is 0 Å². The average molecular weight is 1280 g/mol. The number of Topliss-reactive ketones (excluding diaryl/α,β-unsaturated/α-hetero) is 1. The van der Waals surface area contributed by atoms with Crippen molar-refractivity contribution in [3.05, 3.63) is 143 Å². The van der Waals surface area contributed by atoms with Crippen LogP contribution in [0.5, 0.6) is 17.2 Å². The van der Waals surface area contributed by atoms with E-state index in [0.717, 1.165) is 35.1 Å². The second kappa shape index (κ2) is 28.7. The molecule has 5 aliphatic rings. The highest BCUT2D eigenvalue weighted by molar-refractivity contribution is 6.74. The maximum absolute atomic E-state index is 15.2. The number of ketones is 1. The molecule has 9 rings (SSSR count). The number of carbonyl (C=O) groups is 7. The molecular formula is C72H91N5O14Si. The van der Waals surface area contributed by atoms with Crippen LogP contribution in [0.4, 0.5) is 21.0 Å². The van der Waals surface area contributed by atoms with Crippen LogP contribution in [0.2, 0.25) is 18.1 Å². The van der Waals surface area contributed by atoms with Gasteiger partial charge in [0.2, 0.25) is 5.91 Å². The van der Waals surface area contributed by atoms with Crippen LogP contribution in [0.15, 0.2) is 104 Å². The summed E-state index contributed by atoms with van der Waals surface area (Å²) >= 11 is 0. The Labute approximate surface area is 542 Å². The van der Waals surface area contributed by atoms with E-state index in [2.05, 4.69) is 52.3 Å². The first-order valence-corrected chi connectivity index (χ1v) is 35.1. The van der Waals surface area contributed by atoms with Gasteiger partial charge in [-0.25, -0.2) is 14.5 Å². The molecule has 1 unspecified atom stereocenters. The lowest BCUT2D eigenvalue weighted by atomic mass is 9.91. The summed E-state index contributed by atoms with van der Waals surface area (Å²) in [6, 6.07) is 20.6. The van der Waals surface area contributed by atoms with Crippen LogP contribution in [-0.4, -0.2) is 131 Å². The average Bonchev–Trinajstić information content (AvgIpc) is 1.56. The first-order chi connectivity index (χ1) is 43.7. The largest absolute Gasteiger partial charge is 0.493 e. The molecule has 5 amide bonds. The van der Waals surface area contributed by atoms with Crippen LogP contribution in [0, 0.1) is 31.1 Å². The van der Waals surface area contributed by atoms with Gasteiger partial charge in [0.25, 0.3) is 11.8 Å². The van der Waals surface area contributed by atoms with Crippen LogP contribution in [0.25, 0.3) is 5.57 Å². The van der Waals surface area contributed by atoms with E-state index in [1.165, 1.54) is 24.2 Å². The van der Waals surface area contributed by atoms with Gasteiger partial charge >= 0.3 is 18.2 Å². The number of nitrogens with zero attached hydrogens (tertiary/aromatic N) is 4. The van der Waals surface area contributed by atoms with Gasteiger partial charge in [-0.05, 0) is 135 Å². The van der Waals surface area contributed by atoms with Crippen LogP contribution < -0.4 is 29.3 Å². The Morgan fingerprint density at radius 3 is 2.05 bits per heavy atom. The number of carbonyl (C=O) groups excluding carboxylic acids is 7. The Morgan fingerprint density at radius 1 is 0.772 bits per heavy atom. The molecule has 0 radical (unpaired) electrons. The topological polar surface area (TPSA) is 209 Å². The predicted octanol–water partition coefficient (Wildman–Crippen LogP) is 12.8. The van der Waals surface area contributed by atoms with Gasteiger partial charge in [-0.2, -0.15) is 0 Å². The molecule has 4 aliphatic heterocycles. The minimum absolute atomic E-state index is 0.00544. The van der Waals surface area contributed by atoms with Gasteiger partial charge < -0.3 is 48.0 Å². The summed E-state index contributed by atoms with van der Waals surface area (Å²) in [4.78, 5) is 104. The van der Waals surface area contributed by atoms with Crippen molar-refractivity contribution in [1.82, 2.24) is 15.1 Å². The summed E-state index contributed by atoms with van der Waals surface area (Å²) in [6.07, 6.45) is 7.74. The molecule has 4 aromatic carbocycles. The predicted molar refractivity (Wildman–Crippen MR) is 354 cm³/mol. The molecular weight excluding hydrogens is 1190 g/mol. The molecule has 19 nitrogen and oxygen atoms in total. The van der Waals surface area contributed by atoms with Crippen molar-refractivity contribution < 1.29 is 66.4 Å². The second-order valence-corrected chi connectivity index (χ2v) is 31.8. The maximum atomic E-state index is 15.2. The Hall–Kier alpha value is -8.23. The minimum atomic E-state index is -2.66. The maximum Gasteiger partial charge on any atom is 0.416 e. The molecule has 1 aliphatic carbocycles. The van der Waals surface area contributed by atoms with E-state index >= 15 is 9.59 Å². The van der Waals surface area contributed by atoms with Crippen molar-refractivity contribution in [3.63, 3.8) is 0 Å². The number of fused-ring (bicyclic) bond motifs is 4. The third-order valence-electron chi connectivity index (χ3n) is 18.9. The Morgan fingerprint density at radius 2 is 1.41 bits per heavy atom. The number of hydrogen-bond donors (Lipinski definition) is 1. The van der Waals surface area contributed by atoms with Gasteiger partial charge in [0.05, 0.1) is 79.8 Å². The van der Waals surface area contributed by atoms with Gasteiger partial charge in [0, 0.05) is 31.3 Å². The number of aryl methyl sites for hydroxylation is 2. The number of ether oxygens (including phenoxy) is 6.